The number of thiazole rings is 1. The lowest BCUT2D eigenvalue weighted by Crippen LogP contribution is -2.33. The number of rotatable bonds is 3. The van der Waals surface area contributed by atoms with Crippen LogP contribution in [0.15, 0.2) is 36.4 Å². The maximum atomic E-state index is 13.8. The van der Waals surface area contributed by atoms with Crippen molar-refractivity contribution in [2.24, 2.45) is 5.92 Å². The Morgan fingerprint density at radius 2 is 1.88 bits per heavy atom. The first-order valence-corrected chi connectivity index (χ1v) is 12.1. The third kappa shape index (κ3) is 3.70. The number of aromatic amines is 1. The van der Waals surface area contributed by atoms with Crippen LogP contribution in [0, 0.1) is 19.8 Å². The minimum absolute atomic E-state index is 0.0659. The van der Waals surface area contributed by atoms with Crippen molar-refractivity contribution in [3.8, 4) is 10.4 Å². The Hall–Kier alpha value is -2.41. The number of imidazole rings is 1. The second-order valence-corrected chi connectivity index (χ2v) is 10.4. The highest BCUT2D eigenvalue weighted by Gasteiger charge is 2.39. The van der Waals surface area contributed by atoms with Crippen molar-refractivity contribution in [2.75, 3.05) is 6.54 Å². The lowest BCUT2D eigenvalue weighted by Gasteiger charge is -2.25. The predicted molar refractivity (Wildman–Crippen MR) is 131 cm³/mol. The first kappa shape index (κ1) is 21.4. The number of nitrogens with one attached hydrogen (secondary N) is 1. The van der Waals surface area contributed by atoms with Gasteiger partial charge in [0, 0.05) is 16.6 Å². The fourth-order valence-corrected chi connectivity index (χ4v) is 5.82. The Labute approximate surface area is 200 Å². The van der Waals surface area contributed by atoms with Gasteiger partial charge in [0.25, 0.3) is 5.91 Å². The molecule has 4 aromatic rings. The second-order valence-electron chi connectivity index (χ2n) is 8.37. The fourth-order valence-electron chi connectivity index (χ4n) is 4.50. The third-order valence-electron chi connectivity index (χ3n) is 6.04. The van der Waals surface area contributed by atoms with E-state index in [1.54, 1.807) is 0 Å². The molecule has 2 aromatic carbocycles. The van der Waals surface area contributed by atoms with Crippen LogP contribution in [0.25, 0.3) is 21.5 Å². The fraction of sp³-hybridized carbons (Fsp3) is 0.292. The average Bonchev–Trinajstić information content (AvgIpc) is 3.44. The number of benzene rings is 2. The van der Waals surface area contributed by atoms with Gasteiger partial charge in [-0.05, 0) is 61.6 Å². The van der Waals surface area contributed by atoms with E-state index >= 15 is 0 Å². The molecule has 2 aromatic heterocycles. The lowest BCUT2D eigenvalue weighted by atomic mass is 10.0. The number of carbonyl (C=O) groups excluding carboxylic acids is 1. The summed E-state index contributed by atoms with van der Waals surface area (Å²) in [5.74, 6) is 1.00. The van der Waals surface area contributed by atoms with Gasteiger partial charge in [-0.3, -0.25) is 4.79 Å². The normalized spacial score (nSPS) is 18.6. The van der Waals surface area contributed by atoms with Crippen LogP contribution in [0.3, 0.4) is 0 Å². The molecule has 0 bridgehead atoms. The van der Waals surface area contributed by atoms with Gasteiger partial charge < -0.3 is 9.88 Å². The van der Waals surface area contributed by atoms with Gasteiger partial charge in [-0.15, -0.1) is 11.3 Å². The molecular formula is C24H22Cl2N4OS. The van der Waals surface area contributed by atoms with Crippen LogP contribution in [0.2, 0.25) is 10.0 Å². The summed E-state index contributed by atoms with van der Waals surface area (Å²) < 4.78 is 0. The summed E-state index contributed by atoms with van der Waals surface area (Å²) in [6.07, 6.45) is 0.909. The molecule has 164 valence electrons. The highest BCUT2D eigenvalue weighted by molar-refractivity contribution is 7.15. The van der Waals surface area contributed by atoms with Gasteiger partial charge in [-0.1, -0.05) is 42.3 Å². The summed E-state index contributed by atoms with van der Waals surface area (Å²) in [4.78, 5) is 29.5. The number of aryl methyl sites for hydroxylation is 2. The molecule has 0 spiro atoms. The Morgan fingerprint density at radius 1 is 1.12 bits per heavy atom. The topological polar surface area (TPSA) is 61.9 Å². The van der Waals surface area contributed by atoms with E-state index in [2.05, 4.69) is 16.9 Å². The minimum atomic E-state index is -0.145. The molecule has 1 N–H and O–H groups in total. The number of H-pyrrole nitrogens is 1. The molecule has 1 amide bonds. The number of hydrogen-bond acceptors (Lipinski definition) is 4. The van der Waals surface area contributed by atoms with Crippen molar-refractivity contribution in [3.05, 3.63) is 68.5 Å². The Morgan fingerprint density at radius 3 is 2.62 bits per heavy atom. The summed E-state index contributed by atoms with van der Waals surface area (Å²) in [6, 6.07) is 11.2. The van der Waals surface area contributed by atoms with Crippen molar-refractivity contribution in [3.63, 3.8) is 0 Å². The number of carbonyl (C=O) groups is 1. The molecular weight excluding hydrogens is 463 g/mol. The van der Waals surface area contributed by atoms with Crippen LogP contribution in [0.5, 0.6) is 0 Å². The summed E-state index contributed by atoms with van der Waals surface area (Å²) in [6.45, 7) is 6.75. The van der Waals surface area contributed by atoms with Crippen LogP contribution in [0.4, 0.5) is 0 Å². The lowest BCUT2D eigenvalue weighted by molar-refractivity contribution is 0.0710. The zero-order valence-corrected chi connectivity index (χ0v) is 20.3. The van der Waals surface area contributed by atoms with Gasteiger partial charge in [0.15, 0.2) is 0 Å². The number of fused-ring (bicyclic) bond motifs is 1. The molecule has 1 aliphatic rings. The van der Waals surface area contributed by atoms with Gasteiger partial charge in [0.1, 0.15) is 11.5 Å². The van der Waals surface area contributed by atoms with E-state index in [4.69, 9.17) is 28.2 Å². The summed E-state index contributed by atoms with van der Waals surface area (Å²) in [5.41, 5.74) is 4.23. The zero-order chi connectivity index (χ0) is 22.6. The first-order chi connectivity index (χ1) is 15.3. The molecule has 0 radical (unpaired) electrons. The second kappa shape index (κ2) is 8.18. The minimum Gasteiger partial charge on any atom is -0.340 e. The molecule has 0 saturated carbocycles. The van der Waals surface area contributed by atoms with Crippen molar-refractivity contribution in [2.45, 2.75) is 33.2 Å². The highest BCUT2D eigenvalue weighted by atomic mass is 35.5. The van der Waals surface area contributed by atoms with Crippen LogP contribution in [0.1, 0.15) is 46.3 Å². The van der Waals surface area contributed by atoms with Crippen LogP contribution < -0.4 is 0 Å². The Balaban J connectivity index is 1.54. The van der Waals surface area contributed by atoms with Crippen molar-refractivity contribution in [1.29, 1.82) is 0 Å². The SMILES string of the molecule is Cc1nc(C(=O)N2CC[C@H](C)[C@H]2c2nc3c(C)cc(Cl)cc3[nH]2)c(-c2ccc(Cl)cc2)s1. The molecule has 1 aliphatic heterocycles. The van der Waals surface area contributed by atoms with E-state index < -0.39 is 0 Å². The molecule has 2 atom stereocenters. The smallest absolute Gasteiger partial charge is 0.274 e. The summed E-state index contributed by atoms with van der Waals surface area (Å²) in [7, 11) is 0. The van der Waals surface area contributed by atoms with E-state index in [9.17, 15) is 4.79 Å². The summed E-state index contributed by atoms with van der Waals surface area (Å²) >= 11 is 13.8. The number of nitrogens with zero attached hydrogens (tertiary/aromatic N) is 3. The van der Waals surface area contributed by atoms with E-state index in [0.717, 1.165) is 44.3 Å². The third-order valence-corrected chi connectivity index (χ3v) is 7.53. The number of aromatic nitrogens is 3. The number of likely N-dealkylation sites (tertiary alicyclic amines) is 1. The van der Waals surface area contributed by atoms with Crippen molar-refractivity contribution < 1.29 is 4.79 Å². The van der Waals surface area contributed by atoms with Gasteiger partial charge in [0.05, 0.1) is 27.0 Å². The van der Waals surface area contributed by atoms with Crippen LogP contribution in [-0.2, 0) is 0 Å². The van der Waals surface area contributed by atoms with Crippen LogP contribution >= 0.6 is 34.5 Å². The Bertz CT molecular complexity index is 1330. The molecule has 5 nitrogen and oxygen atoms in total. The van der Waals surface area contributed by atoms with E-state index in [0.29, 0.717) is 22.3 Å². The van der Waals surface area contributed by atoms with Crippen molar-refractivity contribution in [1.82, 2.24) is 19.9 Å². The molecule has 3 heterocycles. The van der Waals surface area contributed by atoms with E-state index in [1.807, 2.05) is 55.1 Å². The number of hydrogen-bond donors (Lipinski definition) is 1. The Kier molecular flexibility index (Phi) is 5.48. The molecule has 1 fully saturated rings. The molecule has 8 heteroatoms. The molecule has 0 unspecified atom stereocenters. The maximum absolute atomic E-state index is 13.8. The molecule has 5 rings (SSSR count). The van der Waals surface area contributed by atoms with Gasteiger partial charge in [-0.2, -0.15) is 0 Å². The van der Waals surface area contributed by atoms with Gasteiger partial charge >= 0.3 is 0 Å². The molecule has 0 aliphatic carbocycles. The standard InChI is InChI=1S/C24H22Cl2N4OS/c1-12-8-9-30(21(12)23-28-18-11-17(26)10-13(2)19(18)29-23)24(31)20-22(32-14(3)27-20)15-4-6-16(25)7-5-15/h4-7,10-12,21H,8-9H2,1-3H3,(H,28,29)/t12-,21-/m0/s1. The van der Waals surface area contributed by atoms with Gasteiger partial charge in [0.2, 0.25) is 0 Å². The highest BCUT2D eigenvalue weighted by Crippen LogP contribution is 2.40. The monoisotopic (exact) mass is 484 g/mol. The van der Waals surface area contributed by atoms with Gasteiger partial charge in [-0.25, -0.2) is 9.97 Å². The predicted octanol–water partition coefficient (Wildman–Crippen LogP) is 6.83. The zero-order valence-electron chi connectivity index (χ0n) is 17.9. The van der Waals surface area contributed by atoms with Crippen molar-refractivity contribution >= 4 is 51.5 Å². The summed E-state index contributed by atoms with van der Waals surface area (Å²) in [5, 5.41) is 2.19. The van der Waals surface area contributed by atoms with E-state index in [-0.39, 0.29) is 17.9 Å². The van der Waals surface area contributed by atoms with E-state index in [1.165, 1.54) is 11.3 Å². The molecule has 1 saturated heterocycles. The molecule has 32 heavy (non-hydrogen) atoms. The van der Waals surface area contributed by atoms with Crippen LogP contribution in [-0.4, -0.2) is 32.3 Å². The maximum Gasteiger partial charge on any atom is 0.274 e. The largest absolute Gasteiger partial charge is 0.340 e. The quantitative estimate of drug-likeness (QED) is 0.346. The number of halogens is 2. The first-order valence-electron chi connectivity index (χ1n) is 10.5. The average molecular weight is 485 g/mol. The number of amides is 1.